The van der Waals surface area contributed by atoms with Gasteiger partial charge in [-0.15, -0.1) is 0 Å². The van der Waals surface area contributed by atoms with Gasteiger partial charge in [-0.1, -0.05) is 30.3 Å². The molecule has 2 N–H and O–H groups in total. The van der Waals surface area contributed by atoms with Crippen molar-refractivity contribution in [3.05, 3.63) is 52.6 Å². The number of benzene rings is 1. The van der Waals surface area contributed by atoms with E-state index in [4.69, 9.17) is 15.5 Å². The second-order valence-corrected chi connectivity index (χ2v) is 7.10. The van der Waals surface area contributed by atoms with Gasteiger partial charge in [0.1, 0.15) is 11.6 Å². The molecule has 3 aromatic rings. The molecule has 130 valence electrons. The number of hydrogen-bond acceptors (Lipinski definition) is 5. The summed E-state index contributed by atoms with van der Waals surface area (Å²) in [6, 6.07) is 12.2. The van der Waals surface area contributed by atoms with Crippen molar-refractivity contribution in [1.82, 2.24) is 14.6 Å². The minimum atomic E-state index is 0.291. The van der Waals surface area contributed by atoms with E-state index in [1.807, 2.05) is 24.3 Å². The molecule has 0 amide bonds. The van der Waals surface area contributed by atoms with E-state index in [1.165, 1.54) is 5.56 Å². The summed E-state index contributed by atoms with van der Waals surface area (Å²) in [5, 5.41) is 4.21. The Bertz CT molecular complexity index is 859. The summed E-state index contributed by atoms with van der Waals surface area (Å²) < 4.78 is 8.55. The van der Waals surface area contributed by atoms with Crippen LogP contribution in [0.4, 0.5) is 11.6 Å². The van der Waals surface area contributed by atoms with Gasteiger partial charge < -0.3 is 15.4 Å². The van der Waals surface area contributed by atoms with E-state index < -0.39 is 0 Å². The van der Waals surface area contributed by atoms with Crippen molar-refractivity contribution in [1.29, 1.82) is 0 Å². The fourth-order valence-electron chi connectivity index (χ4n) is 3.15. The van der Waals surface area contributed by atoms with Crippen LogP contribution in [0.15, 0.2) is 47.1 Å². The zero-order valence-corrected chi connectivity index (χ0v) is 15.4. The summed E-state index contributed by atoms with van der Waals surface area (Å²) in [6.45, 7) is 2.49. The monoisotopic (exact) mass is 401 g/mol. The maximum Gasteiger partial charge on any atom is 0.173 e. The molecule has 0 saturated carbocycles. The number of halogens is 1. The summed E-state index contributed by atoms with van der Waals surface area (Å²) in [7, 11) is 0. The minimum absolute atomic E-state index is 0.291. The maximum atomic E-state index is 6.10. The van der Waals surface area contributed by atoms with E-state index in [0.29, 0.717) is 18.5 Å². The zero-order valence-electron chi connectivity index (χ0n) is 13.8. The molecule has 0 spiro atoms. The molecule has 25 heavy (non-hydrogen) atoms. The summed E-state index contributed by atoms with van der Waals surface area (Å²) in [6.07, 6.45) is 3.98. The molecule has 1 aliphatic rings. The van der Waals surface area contributed by atoms with Crippen molar-refractivity contribution in [3.8, 4) is 0 Å². The van der Waals surface area contributed by atoms with E-state index in [1.54, 1.807) is 10.7 Å². The molecule has 6 nitrogen and oxygen atoms in total. The largest absolute Gasteiger partial charge is 0.383 e. The average Bonchev–Trinajstić information content (AvgIpc) is 3.03. The van der Waals surface area contributed by atoms with Crippen LogP contribution in [0.5, 0.6) is 0 Å². The second-order valence-electron chi connectivity index (χ2n) is 6.25. The lowest BCUT2D eigenvalue weighted by Gasteiger charge is -2.32. The number of aromatic nitrogens is 3. The number of hydrogen-bond donors (Lipinski definition) is 1. The molecular weight excluding hydrogens is 382 g/mol. The number of fused-ring (bicyclic) bond motifs is 1. The van der Waals surface area contributed by atoms with Gasteiger partial charge in [-0.3, -0.25) is 0 Å². The fourth-order valence-corrected chi connectivity index (χ4v) is 3.50. The lowest BCUT2D eigenvalue weighted by atomic mass is 10.1. The summed E-state index contributed by atoms with van der Waals surface area (Å²) in [5.74, 6) is 1.49. The van der Waals surface area contributed by atoms with Gasteiger partial charge in [-0.05, 0) is 34.3 Å². The number of piperidine rings is 1. The third kappa shape index (κ3) is 3.48. The minimum Gasteiger partial charge on any atom is -0.383 e. The van der Waals surface area contributed by atoms with Crippen molar-refractivity contribution >= 4 is 33.2 Å². The first-order valence-electron chi connectivity index (χ1n) is 8.41. The fraction of sp³-hybridized carbons (Fsp3) is 0.333. The van der Waals surface area contributed by atoms with Gasteiger partial charge in [-0.2, -0.15) is 9.61 Å². The molecule has 1 fully saturated rings. The Morgan fingerprint density at radius 1 is 1.20 bits per heavy atom. The quantitative estimate of drug-likeness (QED) is 0.726. The summed E-state index contributed by atoms with van der Waals surface area (Å²) in [4.78, 5) is 6.96. The average molecular weight is 402 g/mol. The van der Waals surface area contributed by atoms with Gasteiger partial charge in [0, 0.05) is 19.2 Å². The molecular formula is C18H20BrN5O. The smallest absolute Gasteiger partial charge is 0.173 e. The lowest BCUT2D eigenvalue weighted by Crippen LogP contribution is -2.37. The molecule has 1 saturated heterocycles. The SMILES string of the molecule is Nc1cc(N2CCC(OCc3ccccc3)CC2)nc2c(Br)cnn12. The molecule has 1 aromatic carbocycles. The molecule has 4 rings (SSSR count). The molecule has 0 unspecified atom stereocenters. The summed E-state index contributed by atoms with van der Waals surface area (Å²) in [5.41, 5.74) is 8.07. The van der Waals surface area contributed by atoms with Crippen molar-refractivity contribution in [2.24, 2.45) is 0 Å². The maximum absolute atomic E-state index is 6.10. The highest BCUT2D eigenvalue weighted by Crippen LogP contribution is 2.25. The van der Waals surface area contributed by atoms with Crippen molar-refractivity contribution < 1.29 is 4.74 Å². The Morgan fingerprint density at radius 2 is 1.96 bits per heavy atom. The summed E-state index contributed by atoms with van der Waals surface area (Å²) >= 11 is 3.47. The Morgan fingerprint density at radius 3 is 2.72 bits per heavy atom. The molecule has 0 radical (unpaired) electrons. The second kappa shape index (κ2) is 7.01. The van der Waals surface area contributed by atoms with E-state index in [9.17, 15) is 0 Å². The third-order valence-electron chi connectivity index (χ3n) is 4.54. The van der Waals surface area contributed by atoms with Gasteiger partial charge in [0.05, 0.1) is 23.4 Å². The molecule has 2 aromatic heterocycles. The standard InChI is InChI=1S/C18H20BrN5O/c19-15-11-21-24-16(20)10-17(22-18(15)24)23-8-6-14(7-9-23)25-12-13-4-2-1-3-5-13/h1-5,10-11,14H,6-9,12,20H2. The number of nitrogen functional groups attached to an aromatic ring is 1. The first kappa shape index (κ1) is 16.4. The molecule has 7 heteroatoms. The number of rotatable bonds is 4. The van der Waals surface area contributed by atoms with Crippen LogP contribution < -0.4 is 10.6 Å². The first-order valence-corrected chi connectivity index (χ1v) is 9.20. The lowest BCUT2D eigenvalue weighted by molar-refractivity contribution is 0.0250. The molecule has 0 atom stereocenters. The van der Waals surface area contributed by atoms with Crippen molar-refractivity contribution in [3.63, 3.8) is 0 Å². The van der Waals surface area contributed by atoms with Gasteiger partial charge in [0.25, 0.3) is 0 Å². The molecule has 3 heterocycles. The van der Waals surface area contributed by atoms with Gasteiger partial charge in [0.2, 0.25) is 0 Å². The Balaban J connectivity index is 1.39. The van der Waals surface area contributed by atoms with E-state index >= 15 is 0 Å². The normalized spacial score (nSPS) is 15.8. The highest BCUT2D eigenvalue weighted by Gasteiger charge is 2.22. The predicted octanol–water partition coefficient (Wildman–Crippen LogP) is 3.26. The predicted molar refractivity (Wildman–Crippen MR) is 102 cm³/mol. The van der Waals surface area contributed by atoms with Crippen LogP contribution in [0.3, 0.4) is 0 Å². The Hall–Kier alpha value is -2.12. The topological polar surface area (TPSA) is 68.7 Å². The van der Waals surface area contributed by atoms with Gasteiger partial charge in [-0.25, -0.2) is 4.98 Å². The Kier molecular flexibility index (Phi) is 4.59. The van der Waals surface area contributed by atoms with E-state index in [2.05, 4.69) is 38.1 Å². The van der Waals surface area contributed by atoms with Crippen LogP contribution in [0.25, 0.3) is 5.65 Å². The number of nitrogens with zero attached hydrogens (tertiary/aromatic N) is 4. The van der Waals surface area contributed by atoms with E-state index in [0.717, 1.165) is 41.9 Å². The molecule has 0 bridgehead atoms. The van der Waals surface area contributed by atoms with Crippen molar-refractivity contribution in [2.75, 3.05) is 23.7 Å². The van der Waals surface area contributed by atoms with Crippen LogP contribution in [0, 0.1) is 0 Å². The molecule has 1 aliphatic heterocycles. The first-order chi connectivity index (χ1) is 12.2. The van der Waals surface area contributed by atoms with Crippen LogP contribution in [-0.4, -0.2) is 33.8 Å². The Labute approximate surface area is 154 Å². The molecule has 0 aliphatic carbocycles. The van der Waals surface area contributed by atoms with Gasteiger partial charge >= 0.3 is 0 Å². The van der Waals surface area contributed by atoms with E-state index in [-0.39, 0.29) is 0 Å². The van der Waals surface area contributed by atoms with Crippen LogP contribution in [-0.2, 0) is 11.3 Å². The number of ether oxygens (including phenoxy) is 1. The highest BCUT2D eigenvalue weighted by atomic mass is 79.9. The highest BCUT2D eigenvalue weighted by molar-refractivity contribution is 9.10. The zero-order chi connectivity index (χ0) is 17.2. The van der Waals surface area contributed by atoms with Crippen LogP contribution >= 0.6 is 15.9 Å². The number of anilines is 2. The third-order valence-corrected chi connectivity index (χ3v) is 5.10. The van der Waals surface area contributed by atoms with Crippen molar-refractivity contribution in [2.45, 2.75) is 25.6 Å². The van der Waals surface area contributed by atoms with Crippen LogP contribution in [0.1, 0.15) is 18.4 Å². The van der Waals surface area contributed by atoms with Crippen LogP contribution in [0.2, 0.25) is 0 Å². The number of nitrogens with two attached hydrogens (primary N) is 1. The van der Waals surface area contributed by atoms with Gasteiger partial charge in [0.15, 0.2) is 5.65 Å².